The van der Waals surface area contributed by atoms with Crippen LogP contribution in [0.15, 0.2) is 30.3 Å². The van der Waals surface area contributed by atoms with Gasteiger partial charge in [-0.1, -0.05) is 6.07 Å². The van der Waals surface area contributed by atoms with E-state index >= 15 is 0 Å². The third kappa shape index (κ3) is 4.03. The predicted octanol–water partition coefficient (Wildman–Crippen LogP) is 3.84. The number of hydrogen-bond donors (Lipinski definition) is 1. The number of carbonyl (C=O) groups is 2. The number of Topliss-reactive ketones (excluding diaryl/α,β-unsaturated/α-hetero) is 1. The fourth-order valence-electron chi connectivity index (χ4n) is 2.16. The summed E-state index contributed by atoms with van der Waals surface area (Å²) < 4.78 is 0. The lowest BCUT2D eigenvalue weighted by molar-refractivity contribution is -0.116. The highest BCUT2D eigenvalue weighted by atomic mass is 32.1. The monoisotopic (exact) mass is 312 g/mol. The molecule has 0 atom stereocenters. The number of thiophene rings is 1. The van der Waals surface area contributed by atoms with Crippen molar-refractivity contribution in [3.05, 3.63) is 51.2 Å². The van der Waals surface area contributed by atoms with Crippen LogP contribution in [0.4, 0.5) is 5.69 Å². The maximum absolute atomic E-state index is 12.1. The smallest absolute Gasteiger partial charge is 0.224 e. The van der Waals surface area contributed by atoms with Crippen LogP contribution in [0.1, 0.15) is 38.5 Å². The first-order chi connectivity index (χ1) is 10.5. The molecule has 0 bridgehead atoms. The van der Waals surface area contributed by atoms with Crippen molar-refractivity contribution in [1.82, 2.24) is 0 Å². The number of anilines is 1. The van der Waals surface area contributed by atoms with Gasteiger partial charge in [0.05, 0.1) is 11.6 Å². The molecule has 0 radical (unpaired) electrons. The number of nitriles is 1. The third-order valence-corrected chi connectivity index (χ3v) is 4.16. The van der Waals surface area contributed by atoms with Gasteiger partial charge in [0.1, 0.15) is 0 Å². The Balaban J connectivity index is 1.91. The summed E-state index contributed by atoms with van der Waals surface area (Å²) in [6.07, 6.45) is 0.310. The van der Waals surface area contributed by atoms with Crippen LogP contribution in [0.2, 0.25) is 0 Å². The van der Waals surface area contributed by atoms with Crippen molar-refractivity contribution in [2.75, 3.05) is 5.32 Å². The van der Waals surface area contributed by atoms with E-state index in [2.05, 4.69) is 5.32 Å². The SMILES string of the molecule is Cc1cc(C(=O)CCC(=O)Nc2cccc(C#N)c2)c(C)s1. The van der Waals surface area contributed by atoms with Crippen molar-refractivity contribution < 1.29 is 9.59 Å². The van der Waals surface area contributed by atoms with E-state index < -0.39 is 0 Å². The fourth-order valence-corrected chi connectivity index (χ4v) is 3.10. The molecule has 1 aromatic carbocycles. The van der Waals surface area contributed by atoms with Crippen molar-refractivity contribution in [3.63, 3.8) is 0 Å². The van der Waals surface area contributed by atoms with E-state index in [1.165, 1.54) is 0 Å². The van der Waals surface area contributed by atoms with Gasteiger partial charge in [0.15, 0.2) is 5.78 Å². The first kappa shape index (κ1) is 15.9. The number of carbonyl (C=O) groups excluding carboxylic acids is 2. The molecule has 112 valence electrons. The zero-order valence-corrected chi connectivity index (χ0v) is 13.3. The molecule has 1 N–H and O–H groups in total. The van der Waals surface area contributed by atoms with Gasteiger partial charge < -0.3 is 5.32 Å². The zero-order chi connectivity index (χ0) is 16.1. The van der Waals surface area contributed by atoms with Crippen LogP contribution in [0.5, 0.6) is 0 Å². The van der Waals surface area contributed by atoms with Gasteiger partial charge in [-0.15, -0.1) is 11.3 Å². The van der Waals surface area contributed by atoms with Crippen LogP contribution < -0.4 is 5.32 Å². The van der Waals surface area contributed by atoms with E-state index in [1.807, 2.05) is 26.0 Å². The second-order valence-corrected chi connectivity index (χ2v) is 6.45. The third-order valence-electron chi connectivity index (χ3n) is 3.20. The first-order valence-electron chi connectivity index (χ1n) is 6.90. The lowest BCUT2D eigenvalue weighted by Gasteiger charge is -2.05. The van der Waals surface area contributed by atoms with Crippen molar-refractivity contribution in [1.29, 1.82) is 5.26 Å². The first-order valence-corrected chi connectivity index (χ1v) is 7.71. The zero-order valence-electron chi connectivity index (χ0n) is 12.5. The second-order valence-electron chi connectivity index (χ2n) is 4.99. The lowest BCUT2D eigenvalue weighted by atomic mass is 10.1. The number of aryl methyl sites for hydroxylation is 2. The van der Waals surface area contributed by atoms with E-state index in [-0.39, 0.29) is 24.5 Å². The Labute approximate surface area is 133 Å². The highest BCUT2D eigenvalue weighted by Gasteiger charge is 2.13. The summed E-state index contributed by atoms with van der Waals surface area (Å²) >= 11 is 1.59. The molecule has 22 heavy (non-hydrogen) atoms. The van der Waals surface area contributed by atoms with Gasteiger partial charge in [0.25, 0.3) is 0 Å². The number of hydrogen-bond acceptors (Lipinski definition) is 4. The molecule has 0 saturated heterocycles. The number of nitrogens with one attached hydrogen (secondary N) is 1. The van der Waals surface area contributed by atoms with Crippen molar-refractivity contribution >= 4 is 28.7 Å². The van der Waals surface area contributed by atoms with E-state index in [9.17, 15) is 9.59 Å². The minimum absolute atomic E-state index is 0.0113. The van der Waals surface area contributed by atoms with E-state index in [4.69, 9.17) is 5.26 Å². The molecule has 4 nitrogen and oxygen atoms in total. The molecule has 2 aromatic rings. The molecule has 0 unspecified atom stereocenters. The van der Waals surface area contributed by atoms with Gasteiger partial charge in [-0.2, -0.15) is 5.26 Å². The van der Waals surface area contributed by atoms with E-state index in [0.29, 0.717) is 16.8 Å². The summed E-state index contributed by atoms with van der Waals surface area (Å²) in [4.78, 5) is 26.1. The maximum atomic E-state index is 12.1. The van der Waals surface area contributed by atoms with Gasteiger partial charge >= 0.3 is 0 Å². The minimum atomic E-state index is -0.229. The van der Waals surface area contributed by atoms with Crippen LogP contribution in [0.3, 0.4) is 0 Å². The Hall–Kier alpha value is -2.45. The van der Waals surface area contributed by atoms with Crippen LogP contribution in [-0.2, 0) is 4.79 Å². The van der Waals surface area contributed by atoms with Gasteiger partial charge in [-0.05, 0) is 38.1 Å². The van der Waals surface area contributed by atoms with Gasteiger partial charge in [0.2, 0.25) is 5.91 Å². The quantitative estimate of drug-likeness (QED) is 0.853. The van der Waals surface area contributed by atoms with Crippen molar-refractivity contribution in [3.8, 4) is 6.07 Å². The van der Waals surface area contributed by atoms with E-state index in [0.717, 1.165) is 9.75 Å². The highest BCUT2D eigenvalue weighted by Crippen LogP contribution is 2.22. The maximum Gasteiger partial charge on any atom is 0.224 e. The molecule has 0 aliphatic rings. The number of rotatable bonds is 5. The summed E-state index contributed by atoms with van der Waals surface area (Å²) in [7, 11) is 0. The lowest BCUT2D eigenvalue weighted by Crippen LogP contribution is -2.13. The Bertz CT molecular complexity index is 756. The molecular formula is C17H16N2O2S. The molecule has 0 saturated carbocycles. The molecule has 0 fully saturated rings. The Morgan fingerprint density at radius 3 is 2.64 bits per heavy atom. The topological polar surface area (TPSA) is 70.0 Å². The molecule has 0 aliphatic heterocycles. The van der Waals surface area contributed by atoms with Gasteiger partial charge in [-0.25, -0.2) is 0 Å². The largest absolute Gasteiger partial charge is 0.326 e. The van der Waals surface area contributed by atoms with Crippen molar-refractivity contribution in [2.45, 2.75) is 26.7 Å². The summed E-state index contributed by atoms with van der Waals surface area (Å²) in [6, 6.07) is 10.6. The van der Waals surface area contributed by atoms with Crippen LogP contribution >= 0.6 is 11.3 Å². The Kier molecular flexibility index (Phi) is 5.08. The predicted molar refractivity (Wildman–Crippen MR) is 87.1 cm³/mol. The minimum Gasteiger partial charge on any atom is -0.326 e. The fraction of sp³-hybridized carbons (Fsp3) is 0.235. The number of ketones is 1. The van der Waals surface area contributed by atoms with E-state index in [1.54, 1.807) is 35.6 Å². The Morgan fingerprint density at radius 1 is 1.23 bits per heavy atom. The average Bonchev–Trinajstić information content (AvgIpc) is 2.83. The molecule has 5 heteroatoms. The molecule has 2 rings (SSSR count). The average molecular weight is 312 g/mol. The van der Waals surface area contributed by atoms with Crippen molar-refractivity contribution in [2.24, 2.45) is 0 Å². The number of amides is 1. The Morgan fingerprint density at radius 2 is 2.00 bits per heavy atom. The summed E-state index contributed by atoms with van der Waals surface area (Å²) in [5.74, 6) is -0.240. The number of nitrogens with zero attached hydrogens (tertiary/aromatic N) is 1. The normalized spacial score (nSPS) is 10.0. The molecular weight excluding hydrogens is 296 g/mol. The summed E-state index contributed by atoms with van der Waals surface area (Å²) in [5, 5.41) is 11.5. The molecule has 1 aromatic heterocycles. The van der Waals surface area contributed by atoms with Crippen LogP contribution in [0, 0.1) is 25.2 Å². The summed E-state index contributed by atoms with van der Waals surface area (Å²) in [6.45, 7) is 3.88. The van der Waals surface area contributed by atoms with Crippen LogP contribution in [-0.4, -0.2) is 11.7 Å². The molecule has 1 amide bonds. The number of benzene rings is 1. The van der Waals surface area contributed by atoms with Gasteiger partial charge in [0, 0.05) is 33.8 Å². The summed E-state index contributed by atoms with van der Waals surface area (Å²) in [5.41, 5.74) is 1.76. The molecule has 0 spiro atoms. The van der Waals surface area contributed by atoms with Gasteiger partial charge in [-0.3, -0.25) is 9.59 Å². The highest BCUT2D eigenvalue weighted by molar-refractivity contribution is 7.12. The second kappa shape index (κ2) is 7.01. The molecule has 1 heterocycles. The standard InChI is InChI=1S/C17H16N2O2S/c1-11-8-15(12(2)22-11)16(20)6-7-17(21)19-14-5-3-4-13(9-14)10-18/h3-5,8-9H,6-7H2,1-2H3,(H,19,21). The molecule has 0 aliphatic carbocycles. The van der Waals surface area contributed by atoms with Crippen LogP contribution in [0.25, 0.3) is 0 Å².